The van der Waals surface area contributed by atoms with Crippen LogP contribution in [0.3, 0.4) is 0 Å². The lowest BCUT2D eigenvalue weighted by atomic mass is 10.2. The smallest absolute Gasteiger partial charge is 0.271 e. The number of rotatable bonds is 6. The molecule has 0 bridgehead atoms. The van der Waals surface area contributed by atoms with Crippen molar-refractivity contribution < 1.29 is 9.53 Å². The number of carbonyl (C=O) groups is 1. The Labute approximate surface area is 147 Å². The monoisotopic (exact) mass is 392 g/mol. The molecule has 4 nitrogen and oxygen atoms in total. The number of nitrogens with zero attached hydrogens (tertiary/aromatic N) is 1. The largest absolute Gasteiger partial charge is 0.489 e. The second kappa shape index (κ2) is 8.50. The maximum absolute atomic E-state index is 12.0. The van der Waals surface area contributed by atoms with Gasteiger partial charge in [0.05, 0.1) is 6.21 Å². The van der Waals surface area contributed by atoms with E-state index in [0.29, 0.717) is 22.9 Å². The summed E-state index contributed by atoms with van der Waals surface area (Å²) in [5.74, 6) is 0.307. The van der Waals surface area contributed by atoms with Gasteiger partial charge in [-0.3, -0.25) is 4.79 Å². The fourth-order valence-corrected chi connectivity index (χ4v) is 2.32. The first-order valence-corrected chi connectivity index (χ1v) is 7.89. The fraction of sp³-hybridized carbons (Fsp3) is 0.0588. The van der Waals surface area contributed by atoms with Gasteiger partial charge in [-0.25, -0.2) is 5.43 Å². The highest BCUT2D eigenvalue weighted by Crippen LogP contribution is 2.21. The Morgan fingerprint density at radius 3 is 2.91 bits per heavy atom. The van der Waals surface area contributed by atoms with Crippen LogP contribution < -0.4 is 10.2 Å². The van der Waals surface area contributed by atoms with Crippen molar-refractivity contribution in [2.24, 2.45) is 5.10 Å². The molecule has 0 radical (unpaired) electrons. The molecule has 0 aromatic heterocycles. The fourth-order valence-electron chi connectivity index (χ4n) is 1.76. The molecular formula is C17H14BrClN2O2. The minimum atomic E-state index is -0.340. The van der Waals surface area contributed by atoms with Crippen LogP contribution in [0.1, 0.15) is 15.9 Å². The highest BCUT2D eigenvalue weighted by molar-refractivity contribution is 9.10. The van der Waals surface area contributed by atoms with Gasteiger partial charge in [0.15, 0.2) is 0 Å². The van der Waals surface area contributed by atoms with Gasteiger partial charge in [0.1, 0.15) is 12.4 Å². The van der Waals surface area contributed by atoms with Gasteiger partial charge in [-0.2, -0.15) is 5.10 Å². The van der Waals surface area contributed by atoms with E-state index in [1.165, 1.54) is 6.21 Å². The van der Waals surface area contributed by atoms with Gasteiger partial charge in [-0.1, -0.05) is 46.3 Å². The minimum absolute atomic E-state index is 0.340. The lowest BCUT2D eigenvalue weighted by molar-refractivity contribution is 0.0955. The van der Waals surface area contributed by atoms with E-state index in [4.69, 9.17) is 16.3 Å². The number of hydrogen-bond acceptors (Lipinski definition) is 3. The van der Waals surface area contributed by atoms with Crippen LogP contribution in [-0.2, 0) is 0 Å². The molecule has 0 atom stereocenters. The van der Waals surface area contributed by atoms with Crippen LogP contribution in [0.4, 0.5) is 0 Å². The van der Waals surface area contributed by atoms with Crippen LogP contribution in [-0.4, -0.2) is 18.7 Å². The van der Waals surface area contributed by atoms with Gasteiger partial charge in [-0.05, 0) is 36.4 Å². The predicted octanol–water partition coefficient (Wildman–Crippen LogP) is 4.43. The molecule has 0 aliphatic heterocycles. The summed E-state index contributed by atoms with van der Waals surface area (Å²) in [5, 5.41) is 4.46. The Balaban J connectivity index is 2.09. The van der Waals surface area contributed by atoms with Crippen molar-refractivity contribution in [3.63, 3.8) is 0 Å². The van der Waals surface area contributed by atoms with Crippen molar-refractivity contribution in [2.45, 2.75) is 0 Å². The zero-order valence-corrected chi connectivity index (χ0v) is 14.5. The van der Waals surface area contributed by atoms with Crippen molar-refractivity contribution in [3.8, 4) is 5.75 Å². The van der Waals surface area contributed by atoms with E-state index < -0.39 is 0 Å². The van der Waals surface area contributed by atoms with Gasteiger partial charge in [0, 0.05) is 20.6 Å². The van der Waals surface area contributed by atoms with Crippen molar-refractivity contribution in [2.75, 3.05) is 6.61 Å². The third-order valence-corrected chi connectivity index (χ3v) is 3.51. The second-order valence-corrected chi connectivity index (χ2v) is 5.84. The quantitative estimate of drug-likeness (QED) is 0.448. The van der Waals surface area contributed by atoms with E-state index in [9.17, 15) is 4.79 Å². The van der Waals surface area contributed by atoms with E-state index in [2.05, 4.69) is 33.0 Å². The van der Waals surface area contributed by atoms with Crippen molar-refractivity contribution in [1.82, 2.24) is 5.43 Å². The molecule has 0 fully saturated rings. The predicted molar refractivity (Wildman–Crippen MR) is 96.3 cm³/mol. The van der Waals surface area contributed by atoms with Crippen LogP contribution in [0.2, 0.25) is 5.02 Å². The Hall–Kier alpha value is -2.11. The van der Waals surface area contributed by atoms with Crippen molar-refractivity contribution >= 4 is 39.7 Å². The highest BCUT2D eigenvalue weighted by Gasteiger charge is 2.05. The summed E-state index contributed by atoms with van der Waals surface area (Å²) in [6, 6.07) is 12.2. The molecule has 23 heavy (non-hydrogen) atoms. The zero-order chi connectivity index (χ0) is 16.7. The number of hydrazone groups is 1. The van der Waals surface area contributed by atoms with Crippen LogP contribution >= 0.6 is 27.5 Å². The molecule has 2 rings (SSSR count). The molecular weight excluding hydrogens is 380 g/mol. The third-order valence-electron chi connectivity index (χ3n) is 2.79. The van der Waals surface area contributed by atoms with Crippen molar-refractivity contribution in [3.05, 3.63) is 75.7 Å². The molecule has 0 unspecified atom stereocenters. The molecule has 0 aliphatic carbocycles. The first kappa shape index (κ1) is 17.2. The molecule has 2 aromatic rings. The number of hydrogen-bond donors (Lipinski definition) is 1. The van der Waals surface area contributed by atoms with E-state index in [-0.39, 0.29) is 5.91 Å². The zero-order valence-electron chi connectivity index (χ0n) is 12.1. The van der Waals surface area contributed by atoms with E-state index in [0.717, 1.165) is 10.0 Å². The number of nitrogens with one attached hydrogen (secondary N) is 1. The summed E-state index contributed by atoms with van der Waals surface area (Å²) < 4.78 is 6.42. The summed E-state index contributed by atoms with van der Waals surface area (Å²) in [7, 11) is 0. The van der Waals surface area contributed by atoms with Crippen LogP contribution in [0.15, 0.2) is 64.7 Å². The molecule has 0 spiro atoms. The highest BCUT2D eigenvalue weighted by atomic mass is 79.9. The molecule has 0 heterocycles. The number of halogens is 2. The molecule has 0 saturated heterocycles. The van der Waals surface area contributed by atoms with Crippen LogP contribution in [0.25, 0.3) is 0 Å². The molecule has 0 saturated carbocycles. The SMILES string of the molecule is C=CCOc1ccc(Br)cc1/C=N\NC(=O)c1cccc(Cl)c1. The van der Waals surface area contributed by atoms with Crippen molar-refractivity contribution in [1.29, 1.82) is 0 Å². The van der Waals surface area contributed by atoms with Crippen LogP contribution in [0, 0.1) is 0 Å². The number of benzene rings is 2. The lowest BCUT2D eigenvalue weighted by Crippen LogP contribution is -2.17. The van der Waals surface area contributed by atoms with E-state index in [1.54, 1.807) is 30.3 Å². The normalized spacial score (nSPS) is 10.5. The lowest BCUT2D eigenvalue weighted by Gasteiger charge is -2.07. The third kappa shape index (κ3) is 5.23. The minimum Gasteiger partial charge on any atom is -0.489 e. The van der Waals surface area contributed by atoms with E-state index >= 15 is 0 Å². The first-order chi connectivity index (χ1) is 11.1. The topological polar surface area (TPSA) is 50.7 Å². The molecule has 1 amide bonds. The average Bonchev–Trinajstić information content (AvgIpc) is 2.54. The molecule has 0 aliphatic rings. The second-order valence-electron chi connectivity index (χ2n) is 4.49. The summed E-state index contributed by atoms with van der Waals surface area (Å²) in [6.07, 6.45) is 3.18. The Bertz CT molecular complexity index is 747. The summed E-state index contributed by atoms with van der Waals surface area (Å²) >= 11 is 9.25. The maximum Gasteiger partial charge on any atom is 0.271 e. The van der Waals surface area contributed by atoms with Gasteiger partial charge in [0.2, 0.25) is 0 Å². The molecule has 118 valence electrons. The summed E-state index contributed by atoms with van der Waals surface area (Å²) in [4.78, 5) is 12.0. The number of ether oxygens (including phenoxy) is 1. The molecule has 2 aromatic carbocycles. The standard InChI is InChI=1S/C17H14BrClN2O2/c1-2-8-23-16-7-6-14(18)9-13(16)11-20-21-17(22)12-4-3-5-15(19)10-12/h2-7,9-11H,1,8H2,(H,21,22)/b20-11-. The summed E-state index contributed by atoms with van der Waals surface area (Å²) in [6.45, 7) is 4.00. The number of carbonyl (C=O) groups excluding carboxylic acids is 1. The van der Waals surface area contributed by atoms with Gasteiger partial charge < -0.3 is 4.74 Å². The van der Waals surface area contributed by atoms with Gasteiger partial charge in [0.25, 0.3) is 5.91 Å². The van der Waals surface area contributed by atoms with E-state index in [1.807, 2.05) is 18.2 Å². The van der Waals surface area contributed by atoms with Crippen LogP contribution in [0.5, 0.6) is 5.75 Å². The molecule has 1 N–H and O–H groups in total. The maximum atomic E-state index is 12.0. The molecule has 6 heteroatoms. The first-order valence-electron chi connectivity index (χ1n) is 6.72. The Morgan fingerprint density at radius 2 is 2.17 bits per heavy atom. The Morgan fingerprint density at radius 1 is 1.35 bits per heavy atom. The average molecular weight is 394 g/mol. The van der Waals surface area contributed by atoms with Gasteiger partial charge in [-0.15, -0.1) is 0 Å². The summed E-state index contributed by atoms with van der Waals surface area (Å²) in [5.41, 5.74) is 3.62. The Kier molecular flexibility index (Phi) is 6.38. The van der Waals surface area contributed by atoms with Gasteiger partial charge >= 0.3 is 0 Å². The number of amides is 1.